The van der Waals surface area contributed by atoms with Crippen LogP contribution in [0.4, 0.5) is 5.13 Å². The number of thiazole rings is 1. The van der Waals surface area contributed by atoms with Crippen molar-refractivity contribution in [2.24, 2.45) is 0 Å². The van der Waals surface area contributed by atoms with E-state index in [1.165, 1.54) is 7.11 Å². The van der Waals surface area contributed by atoms with E-state index in [0.29, 0.717) is 15.7 Å². The van der Waals surface area contributed by atoms with Gasteiger partial charge in [0.2, 0.25) is 5.91 Å². The summed E-state index contributed by atoms with van der Waals surface area (Å²) in [4.78, 5) is 27.9. The molecule has 7 heteroatoms. The van der Waals surface area contributed by atoms with Crippen LogP contribution in [0.1, 0.15) is 27.3 Å². The van der Waals surface area contributed by atoms with Crippen LogP contribution in [-0.2, 0) is 9.53 Å². The van der Waals surface area contributed by atoms with Gasteiger partial charge in [0.05, 0.1) is 25.8 Å². The Morgan fingerprint density at radius 2 is 1.91 bits per heavy atom. The zero-order chi connectivity index (χ0) is 16.8. The Kier molecular flexibility index (Phi) is 5.70. The molecule has 0 saturated carbocycles. The molecule has 23 heavy (non-hydrogen) atoms. The molecule has 2 rings (SSSR count). The fourth-order valence-corrected chi connectivity index (χ4v) is 2.71. The summed E-state index contributed by atoms with van der Waals surface area (Å²) in [5, 5.41) is 3.04. The Labute approximate surface area is 138 Å². The highest BCUT2D eigenvalue weighted by molar-refractivity contribution is 7.17. The second-order valence-electron chi connectivity index (χ2n) is 4.88. The van der Waals surface area contributed by atoms with Crippen LogP contribution in [0.3, 0.4) is 0 Å². The van der Waals surface area contributed by atoms with Gasteiger partial charge in [-0.25, -0.2) is 9.78 Å². The predicted octanol–water partition coefficient (Wildman–Crippen LogP) is 2.95. The first-order valence-electron chi connectivity index (χ1n) is 7.04. The summed E-state index contributed by atoms with van der Waals surface area (Å²) in [6.45, 7) is 3.96. The number of methoxy groups -OCH3 is 1. The normalized spacial score (nSPS) is 10.2. The van der Waals surface area contributed by atoms with Crippen LogP contribution in [0.5, 0.6) is 5.75 Å². The number of hydrogen-bond donors (Lipinski definition) is 1. The van der Waals surface area contributed by atoms with E-state index < -0.39 is 5.97 Å². The van der Waals surface area contributed by atoms with E-state index in [2.05, 4.69) is 15.0 Å². The molecule has 0 aliphatic carbocycles. The number of carbonyl (C=O) groups excluding carboxylic acids is 2. The topological polar surface area (TPSA) is 77.5 Å². The molecule has 1 amide bonds. The van der Waals surface area contributed by atoms with Crippen molar-refractivity contribution in [2.45, 2.75) is 20.3 Å². The molecule has 2 aromatic rings. The smallest absolute Gasteiger partial charge is 0.350 e. The number of rotatable bonds is 6. The van der Waals surface area contributed by atoms with Gasteiger partial charge in [0.15, 0.2) is 5.13 Å². The SMILES string of the molecule is COC(=O)c1sc(NC(=O)CCOc2ccc(C)cc2)nc1C. The molecule has 1 heterocycles. The van der Waals surface area contributed by atoms with Crippen molar-refractivity contribution >= 4 is 28.3 Å². The molecule has 1 N–H and O–H groups in total. The van der Waals surface area contributed by atoms with Crippen LogP contribution < -0.4 is 10.1 Å². The number of anilines is 1. The van der Waals surface area contributed by atoms with Crippen LogP contribution in [0.15, 0.2) is 24.3 Å². The van der Waals surface area contributed by atoms with E-state index in [4.69, 9.17) is 4.74 Å². The Morgan fingerprint density at radius 1 is 1.22 bits per heavy atom. The maximum Gasteiger partial charge on any atom is 0.350 e. The number of esters is 1. The van der Waals surface area contributed by atoms with Crippen LogP contribution in [0.25, 0.3) is 0 Å². The quantitative estimate of drug-likeness (QED) is 0.822. The van der Waals surface area contributed by atoms with Crippen LogP contribution in [0.2, 0.25) is 0 Å². The highest BCUT2D eigenvalue weighted by Gasteiger charge is 2.16. The Balaban J connectivity index is 1.83. The number of nitrogens with one attached hydrogen (secondary N) is 1. The second kappa shape index (κ2) is 7.73. The fraction of sp³-hybridized carbons (Fsp3) is 0.312. The minimum atomic E-state index is -0.455. The molecule has 0 saturated heterocycles. The van der Waals surface area contributed by atoms with E-state index in [1.54, 1.807) is 6.92 Å². The van der Waals surface area contributed by atoms with Crippen molar-refractivity contribution in [1.82, 2.24) is 4.98 Å². The molecule has 0 unspecified atom stereocenters. The van der Waals surface area contributed by atoms with Crippen molar-refractivity contribution in [2.75, 3.05) is 19.0 Å². The molecule has 0 aliphatic rings. The summed E-state index contributed by atoms with van der Waals surface area (Å²) >= 11 is 1.09. The lowest BCUT2D eigenvalue weighted by molar-refractivity contribution is -0.116. The second-order valence-corrected chi connectivity index (χ2v) is 5.88. The zero-order valence-corrected chi connectivity index (χ0v) is 14.0. The predicted molar refractivity (Wildman–Crippen MR) is 88.1 cm³/mol. The van der Waals surface area contributed by atoms with Crippen LogP contribution in [0, 0.1) is 13.8 Å². The van der Waals surface area contributed by atoms with Crippen molar-refractivity contribution in [3.8, 4) is 5.75 Å². The van der Waals surface area contributed by atoms with E-state index in [0.717, 1.165) is 22.6 Å². The average molecular weight is 334 g/mol. The number of aryl methyl sites for hydroxylation is 2. The number of carbonyl (C=O) groups is 2. The third kappa shape index (κ3) is 4.79. The summed E-state index contributed by atoms with van der Waals surface area (Å²) in [7, 11) is 1.31. The fourth-order valence-electron chi connectivity index (χ4n) is 1.81. The van der Waals surface area contributed by atoms with Gasteiger partial charge < -0.3 is 14.8 Å². The molecule has 1 aromatic carbocycles. The third-order valence-corrected chi connectivity index (χ3v) is 4.09. The number of benzene rings is 1. The van der Waals surface area contributed by atoms with E-state index in [9.17, 15) is 9.59 Å². The lowest BCUT2D eigenvalue weighted by Crippen LogP contribution is -2.15. The standard InChI is InChI=1S/C16H18N2O4S/c1-10-4-6-12(7-5-10)22-9-8-13(19)18-16-17-11(2)14(23-16)15(20)21-3/h4-7H,8-9H2,1-3H3,(H,17,18,19). The highest BCUT2D eigenvalue weighted by atomic mass is 32.1. The monoisotopic (exact) mass is 334 g/mol. The number of aromatic nitrogens is 1. The zero-order valence-electron chi connectivity index (χ0n) is 13.2. The molecule has 0 bridgehead atoms. The highest BCUT2D eigenvalue weighted by Crippen LogP contribution is 2.23. The minimum absolute atomic E-state index is 0.195. The molecule has 122 valence electrons. The summed E-state index contributed by atoms with van der Waals surface area (Å²) in [6, 6.07) is 7.62. The van der Waals surface area contributed by atoms with Crippen molar-refractivity contribution < 1.29 is 19.1 Å². The first kappa shape index (κ1) is 17.0. The summed E-state index contributed by atoms with van der Waals surface area (Å²) in [5.74, 6) is 0.0481. The van der Waals surface area contributed by atoms with Gasteiger partial charge >= 0.3 is 5.97 Å². The van der Waals surface area contributed by atoms with E-state index >= 15 is 0 Å². The van der Waals surface area contributed by atoms with E-state index in [1.807, 2.05) is 31.2 Å². The molecule has 0 aliphatic heterocycles. The Hall–Kier alpha value is -2.41. The first-order chi connectivity index (χ1) is 11.0. The summed E-state index contributed by atoms with van der Waals surface area (Å²) < 4.78 is 10.2. The molecule has 0 spiro atoms. The number of amides is 1. The van der Waals surface area contributed by atoms with Gasteiger partial charge in [-0.05, 0) is 26.0 Å². The summed E-state index contributed by atoms with van der Waals surface area (Å²) in [6.07, 6.45) is 0.195. The van der Waals surface area contributed by atoms with Gasteiger partial charge in [0.1, 0.15) is 10.6 Å². The molecular formula is C16H18N2O4S. The maximum atomic E-state index is 11.9. The molecule has 0 fully saturated rings. The van der Waals surface area contributed by atoms with Crippen molar-refractivity contribution in [3.63, 3.8) is 0 Å². The first-order valence-corrected chi connectivity index (χ1v) is 7.86. The van der Waals surface area contributed by atoms with Gasteiger partial charge in [-0.2, -0.15) is 0 Å². The lowest BCUT2D eigenvalue weighted by Gasteiger charge is -2.06. The number of ether oxygens (including phenoxy) is 2. The number of nitrogens with zero attached hydrogens (tertiary/aromatic N) is 1. The average Bonchev–Trinajstić information content (AvgIpc) is 2.89. The maximum absolute atomic E-state index is 11.9. The van der Waals surface area contributed by atoms with Crippen LogP contribution in [-0.4, -0.2) is 30.6 Å². The Morgan fingerprint density at radius 3 is 2.57 bits per heavy atom. The largest absolute Gasteiger partial charge is 0.493 e. The minimum Gasteiger partial charge on any atom is -0.493 e. The lowest BCUT2D eigenvalue weighted by atomic mass is 10.2. The van der Waals surface area contributed by atoms with Gasteiger partial charge in [-0.15, -0.1) is 0 Å². The number of hydrogen-bond acceptors (Lipinski definition) is 6. The molecular weight excluding hydrogens is 316 g/mol. The van der Waals surface area contributed by atoms with Gasteiger partial charge in [0, 0.05) is 0 Å². The molecule has 6 nitrogen and oxygen atoms in total. The third-order valence-electron chi connectivity index (χ3n) is 3.03. The Bertz CT molecular complexity index is 695. The molecule has 0 radical (unpaired) electrons. The van der Waals surface area contributed by atoms with Gasteiger partial charge in [-0.3, -0.25) is 4.79 Å². The van der Waals surface area contributed by atoms with Gasteiger partial charge in [-0.1, -0.05) is 29.0 Å². The summed E-state index contributed by atoms with van der Waals surface area (Å²) in [5.41, 5.74) is 1.68. The van der Waals surface area contributed by atoms with Crippen molar-refractivity contribution in [1.29, 1.82) is 0 Å². The van der Waals surface area contributed by atoms with E-state index in [-0.39, 0.29) is 18.9 Å². The molecule has 1 aromatic heterocycles. The van der Waals surface area contributed by atoms with Gasteiger partial charge in [0.25, 0.3) is 0 Å². The van der Waals surface area contributed by atoms with Crippen LogP contribution >= 0.6 is 11.3 Å². The molecule has 0 atom stereocenters. The van der Waals surface area contributed by atoms with Crippen molar-refractivity contribution in [3.05, 3.63) is 40.4 Å².